The van der Waals surface area contributed by atoms with Crippen LogP contribution in [0.15, 0.2) is 30.3 Å². The minimum absolute atomic E-state index is 0.00786. The third-order valence-electron chi connectivity index (χ3n) is 7.33. The maximum Gasteiger partial charge on any atom is 0.260 e. The van der Waals surface area contributed by atoms with Crippen LogP contribution in [0.4, 0.5) is 0 Å². The van der Waals surface area contributed by atoms with E-state index in [2.05, 4.69) is 15.1 Å². The fourth-order valence-corrected chi connectivity index (χ4v) is 5.40. The summed E-state index contributed by atoms with van der Waals surface area (Å²) in [6.45, 7) is 8.12. The number of nitrogens with zero attached hydrogens (tertiary/aromatic N) is 3. The van der Waals surface area contributed by atoms with Crippen molar-refractivity contribution in [2.24, 2.45) is 5.92 Å². The molecule has 1 atom stereocenters. The summed E-state index contributed by atoms with van der Waals surface area (Å²) in [5.74, 6) is 1.30. The molecule has 0 spiro atoms. The number of benzene rings is 1. The van der Waals surface area contributed by atoms with Crippen LogP contribution in [-0.2, 0) is 14.3 Å². The van der Waals surface area contributed by atoms with Crippen molar-refractivity contribution in [3.05, 3.63) is 30.3 Å². The maximum atomic E-state index is 13.3. The van der Waals surface area contributed by atoms with Gasteiger partial charge >= 0.3 is 0 Å². The smallest absolute Gasteiger partial charge is 0.260 e. The van der Waals surface area contributed by atoms with Crippen molar-refractivity contribution < 1.29 is 19.1 Å². The van der Waals surface area contributed by atoms with Crippen LogP contribution < -0.4 is 10.1 Å². The van der Waals surface area contributed by atoms with E-state index in [-0.39, 0.29) is 24.5 Å². The topological polar surface area (TPSA) is 74.4 Å². The van der Waals surface area contributed by atoms with Gasteiger partial charge in [0.1, 0.15) is 5.75 Å². The Morgan fingerprint density at radius 2 is 1.71 bits per heavy atom. The highest BCUT2D eigenvalue weighted by Crippen LogP contribution is 2.31. The Morgan fingerprint density at radius 3 is 2.41 bits per heavy atom. The van der Waals surface area contributed by atoms with Gasteiger partial charge in [0.2, 0.25) is 5.91 Å². The number of morpholine rings is 1. The molecule has 1 aliphatic carbocycles. The largest absolute Gasteiger partial charge is 0.484 e. The number of carbonyl (C=O) groups is 2. The van der Waals surface area contributed by atoms with E-state index in [1.165, 1.54) is 12.8 Å². The molecule has 0 radical (unpaired) electrons. The Kier molecular flexibility index (Phi) is 9.59. The zero-order valence-corrected chi connectivity index (χ0v) is 20.3. The van der Waals surface area contributed by atoms with Crippen molar-refractivity contribution in [3.63, 3.8) is 0 Å². The SMILES string of the molecule is O=C(NCCCN1CCOCC1)C(C1CCCC1)N1CCN(C(=O)COc2ccccc2)CC1. The Labute approximate surface area is 203 Å². The number of amides is 2. The molecule has 0 aromatic heterocycles. The molecule has 8 nitrogen and oxygen atoms in total. The molecule has 2 amide bonds. The molecule has 1 aromatic carbocycles. The van der Waals surface area contributed by atoms with Crippen molar-refractivity contribution in [3.8, 4) is 5.75 Å². The third-order valence-corrected chi connectivity index (χ3v) is 7.33. The summed E-state index contributed by atoms with van der Waals surface area (Å²) in [7, 11) is 0. The lowest BCUT2D eigenvalue weighted by Crippen LogP contribution is -2.58. The number of ether oxygens (including phenoxy) is 2. The first kappa shape index (κ1) is 24.9. The molecule has 1 N–H and O–H groups in total. The van der Waals surface area contributed by atoms with Crippen LogP contribution in [0.2, 0.25) is 0 Å². The number of carbonyl (C=O) groups excluding carboxylic acids is 2. The minimum Gasteiger partial charge on any atom is -0.484 e. The average Bonchev–Trinajstić information content (AvgIpc) is 3.41. The fourth-order valence-electron chi connectivity index (χ4n) is 5.40. The first-order valence-corrected chi connectivity index (χ1v) is 13.0. The molecular weight excluding hydrogens is 432 g/mol. The van der Waals surface area contributed by atoms with E-state index in [9.17, 15) is 9.59 Å². The Balaban J connectivity index is 1.22. The summed E-state index contributed by atoms with van der Waals surface area (Å²) >= 11 is 0. The quantitative estimate of drug-likeness (QED) is 0.522. The number of nitrogens with one attached hydrogen (secondary N) is 1. The summed E-state index contributed by atoms with van der Waals surface area (Å²) in [6, 6.07) is 9.36. The highest BCUT2D eigenvalue weighted by Gasteiger charge is 2.37. The first-order valence-electron chi connectivity index (χ1n) is 13.0. The van der Waals surface area contributed by atoms with Gasteiger partial charge in [-0.2, -0.15) is 0 Å². The number of piperazine rings is 1. The molecule has 1 saturated carbocycles. The lowest BCUT2D eigenvalue weighted by Gasteiger charge is -2.40. The predicted octanol–water partition coefficient (Wildman–Crippen LogP) is 1.61. The number of hydrogen-bond donors (Lipinski definition) is 1. The molecule has 1 unspecified atom stereocenters. The molecule has 8 heteroatoms. The van der Waals surface area contributed by atoms with Crippen molar-refractivity contribution in [2.45, 2.75) is 38.1 Å². The van der Waals surface area contributed by atoms with E-state index in [4.69, 9.17) is 9.47 Å². The van der Waals surface area contributed by atoms with Crippen molar-refractivity contribution in [2.75, 3.05) is 72.2 Å². The molecule has 0 bridgehead atoms. The van der Waals surface area contributed by atoms with Gasteiger partial charge in [-0.05, 0) is 43.9 Å². The van der Waals surface area contributed by atoms with Crippen LogP contribution in [0.3, 0.4) is 0 Å². The molecule has 3 fully saturated rings. The van der Waals surface area contributed by atoms with Gasteiger partial charge in [0, 0.05) is 45.8 Å². The normalized spacial score (nSPS) is 21.4. The zero-order chi connectivity index (χ0) is 23.6. The summed E-state index contributed by atoms with van der Waals surface area (Å²) < 4.78 is 11.0. The number of rotatable bonds is 10. The van der Waals surface area contributed by atoms with Gasteiger partial charge in [-0.1, -0.05) is 31.0 Å². The molecule has 2 aliphatic heterocycles. The maximum absolute atomic E-state index is 13.3. The molecule has 2 saturated heterocycles. The van der Waals surface area contributed by atoms with E-state index >= 15 is 0 Å². The average molecular weight is 473 g/mol. The van der Waals surface area contributed by atoms with Gasteiger partial charge in [-0.25, -0.2) is 0 Å². The summed E-state index contributed by atoms with van der Waals surface area (Å²) in [6.07, 6.45) is 5.63. The molecular formula is C26H40N4O4. The van der Waals surface area contributed by atoms with Crippen molar-refractivity contribution in [1.82, 2.24) is 20.0 Å². The second-order valence-electron chi connectivity index (χ2n) is 9.61. The molecule has 1 aromatic rings. The predicted molar refractivity (Wildman–Crippen MR) is 131 cm³/mol. The van der Waals surface area contributed by atoms with Crippen LogP contribution in [0.25, 0.3) is 0 Å². The molecule has 188 valence electrons. The van der Waals surface area contributed by atoms with Crippen molar-refractivity contribution in [1.29, 1.82) is 0 Å². The van der Waals surface area contributed by atoms with Crippen LogP contribution in [0.1, 0.15) is 32.1 Å². The van der Waals surface area contributed by atoms with Crippen LogP contribution in [-0.4, -0.2) is 105 Å². The summed E-state index contributed by atoms with van der Waals surface area (Å²) in [5, 5.41) is 3.23. The molecule has 3 aliphatic rings. The number of para-hydroxylation sites is 1. The molecule has 4 rings (SSSR count). The molecule has 2 heterocycles. The number of hydrogen-bond acceptors (Lipinski definition) is 6. The highest BCUT2D eigenvalue weighted by atomic mass is 16.5. The lowest BCUT2D eigenvalue weighted by molar-refractivity contribution is -0.137. The van der Waals surface area contributed by atoms with E-state index < -0.39 is 0 Å². The highest BCUT2D eigenvalue weighted by molar-refractivity contribution is 5.82. The monoisotopic (exact) mass is 472 g/mol. The van der Waals surface area contributed by atoms with Gasteiger partial charge in [0.15, 0.2) is 6.61 Å². The third kappa shape index (κ3) is 7.17. The van der Waals surface area contributed by atoms with Gasteiger partial charge in [0.25, 0.3) is 5.91 Å². The van der Waals surface area contributed by atoms with Gasteiger partial charge < -0.3 is 19.7 Å². The van der Waals surface area contributed by atoms with Gasteiger partial charge in [0.05, 0.1) is 19.3 Å². The van der Waals surface area contributed by atoms with E-state index in [1.807, 2.05) is 35.2 Å². The summed E-state index contributed by atoms with van der Waals surface area (Å²) in [5.41, 5.74) is 0. The Hall–Kier alpha value is -2.16. The second kappa shape index (κ2) is 13.1. The van der Waals surface area contributed by atoms with Crippen LogP contribution in [0, 0.1) is 5.92 Å². The molecule has 34 heavy (non-hydrogen) atoms. The van der Waals surface area contributed by atoms with Crippen LogP contribution in [0.5, 0.6) is 5.75 Å². The van der Waals surface area contributed by atoms with E-state index in [1.54, 1.807) is 0 Å². The Bertz CT molecular complexity index is 757. The lowest BCUT2D eigenvalue weighted by atomic mass is 9.95. The Morgan fingerprint density at radius 1 is 1.00 bits per heavy atom. The fraction of sp³-hybridized carbons (Fsp3) is 0.692. The van der Waals surface area contributed by atoms with E-state index in [0.29, 0.717) is 31.3 Å². The van der Waals surface area contributed by atoms with Crippen LogP contribution >= 0.6 is 0 Å². The van der Waals surface area contributed by atoms with Gasteiger partial charge in [-0.15, -0.1) is 0 Å². The second-order valence-corrected chi connectivity index (χ2v) is 9.61. The zero-order valence-electron chi connectivity index (χ0n) is 20.3. The first-order chi connectivity index (χ1) is 16.7. The standard InChI is InChI=1S/C26H40N4O4/c31-24(21-34-23-9-2-1-3-10-23)29-13-15-30(16-14-29)25(22-7-4-5-8-22)26(32)27-11-6-12-28-17-19-33-20-18-28/h1-3,9-10,22,25H,4-8,11-21H2,(H,27,32). The van der Waals surface area contributed by atoms with Gasteiger partial charge in [-0.3, -0.25) is 19.4 Å². The van der Waals surface area contributed by atoms with E-state index in [0.717, 1.165) is 65.2 Å². The minimum atomic E-state index is -0.0799. The summed E-state index contributed by atoms with van der Waals surface area (Å²) in [4.78, 5) is 32.5. The van der Waals surface area contributed by atoms with Crippen molar-refractivity contribution >= 4 is 11.8 Å².